The van der Waals surface area contributed by atoms with Crippen molar-refractivity contribution in [2.75, 3.05) is 6.54 Å². The lowest BCUT2D eigenvalue weighted by Gasteiger charge is -2.26. The highest BCUT2D eigenvalue weighted by molar-refractivity contribution is 5.67. The van der Waals surface area contributed by atoms with Gasteiger partial charge < -0.3 is 15.4 Å². The minimum absolute atomic E-state index is 0.353. The third-order valence-electron chi connectivity index (χ3n) is 3.80. The molecular weight excluding hydrogens is 276 g/mol. The van der Waals surface area contributed by atoms with Crippen molar-refractivity contribution in [3.05, 3.63) is 35.4 Å². The molecule has 0 unspecified atom stereocenters. The van der Waals surface area contributed by atoms with Gasteiger partial charge in [-0.15, -0.1) is 0 Å². The molecule has 1 aliphatic carbocycles. The molecule has 4 nitrogen and oxygen atoms in total. The summed E-state index contributed by atoms with van der Waals surface area (Å²) in [6.07, 6.45) is 4.45. The minimum atomic E-state index is -0.445. The van der Waals surface area contributed by atoms with Gasteiger partial charge in [-0.2, -0.15) is 0 Å². The fourth-order valence-electron chi connectivity index (χ4n) is 2.32. The third kappa shape index (κ3) is 6.06. The van der Waals surface area contributed by atoms with E-state index in [-0.39, 0.29) is 6.09 Å². The maximum Gasteiger partial charge on any atom is 0.407 e. The van der Waals surface area contributed by atoms with Crippen LogP contribution in [0.15, 0.2) is 24.3 Å². The Morgan fingerprint density at radius 3 is 2.36 bits per heavy atom. The zero-order valence-electron chi connectivity index (χ0n) is 13.9. The molecule has 2 rings (SSSR count). The van der Waals surface area contributed by atoms with Crippen LogP contribution in [0.4, 0.5) is 4.79 Å². The molecule has 0 spiro atoms. The van der Waals surface area contributed by atoms with Gasteiger partial charge in [-0.05, 0) is 51.2 Å². The van der Waals surface area contributed by atoms with E-state index in [1.54, 1.807) is 0 Å². The maximum absolute atomic E-state index is 11.5. The number of carbonyl (C=O) groups excluding carboxylic acids is 1. The van der Waals surface area contributed by atoms with Gasteiger partial charge in [0, 0.05) is 19.1 Å². The monoisotopic (exact) mass is 304 g/mol. The number of alkyl carbamates (subject to hydrolysis) is 1. The average Bonchev–Trinajstić information content (AvgIpc) is 2.36. The molecule has 0 heterocycles. The number of carbonyl (C=O) groups is 1. The van der Waals surface area contributed by atoms with Crippen LogP contribution in [0.25, 0.3) is 0 Å². The van der Waals surface area contributed by atoms with Crippen molar-refractivity contribution >= 4 is 6.09 Å². The van der Waals surface area contributed by atoms with Gasteiger partial charge >= 0.3 is 6.09 Å². The normalized spacial score (nSPS) is 15.2. The molecule has 0 bridgehead atoms. The summed E-state index contributed by atoms with van der Waals surface area (Å²) in [5.41, 5.74) is 2.10. The van der Waals surface area contributed by atoms with E-state index in [0.29, 0.717) is 6.54 Å². The van der Waals surface area contributed by atoms with E-state index in [2.05, 4.69) is 34.9 Å². The molecule has 22 heavy (non-hydrogen) atoms. The smallest absolute Gasteiger partial charge is 0.407 e. The van der Waals surface area contributed by atoms with E-state index >= 15 is 0 Å². The van der Waals surface area contributed by atoms with Crippen molar-refractivity contribution in [2.24, 2.45) is 0 Å². The lowest BCUT2D eigenvalue weighted by Crippen LogP contribution is -2.34. The second-order valence-electron chi connectivity index (χ2n) is 7.00. The Balaban J connectivity index is 1.66. The van der Waals surface area contributed by atoms with Gasteiger partial charge in [0.05, 0.1) is 0 Å². The van der Waals surface area contributed by atoms with Gasteiger partial charge in [0.25, 0.3) is 0 Å². The highest BCUT2D eigenvalue weighted by Gasteiger charge is 2.16. The fraction of sp³-hybridized carbons (Fsp3) is 0.611. The van der Waals surface area contributed by atoms with Crippen LogP contribution in [0.5, 0.6) is 0 Å². The van der Waals surface area contributed by atoms with E-state index in [1.807, 2.05) is 20.8 Å². The second-order valence-corrected chi connectivity index (χ2v) is 7.00. The lowest BCUT2D eigenvalue weighted by atomic mass is 9.93. The van der Waals surface area contributed by atoms with Crippen LogP contribution in [-0.2, 0) is 17.7 Å². The highest BCUT2D eigenvalue weighted by atomic mass is 16.6. The van der Waals surface area contributed by atoms with Crippen molar-refractivity contribution in [3.8, 4) is 0 Å². The summed E-state index contributed by atoms with van der Waals surface area (Å²) in [4.78, 5) is 11.5. The Bertz CT molecular complexity index is 473. The highest BCUT2D eigenvalue weighted by Crippen LogP contribution is 2.18. The van der Waals surface area contributed by atoms with Crippen LogP contribution in [0, 0.1) is 0 Å². The summed E-state index contributed by atoms with van der Waals surface area (Å²) in [5.74, 6) is 0. The molecule has 1 fully saturated rings. The average molecular weight is 304 g/mol. The van der Waals surface area contributed by atoms with Gasteiger partial charge in [-0.3, -0.25) is 0 Å². The van der Waals surface area contributed by atoms with Crippen LogP contribution < -0.4 is 10.6 Å². The molecule has 1 aromatic rings. The van der Waals surface area contributed by atoms with E-state index in [9.17, 15) is 4.79 Å². The Morgan fingerprint density at radius 1 is 1.18 bits per heavy atom. The minimum Gasteiger partial charge on any atom is -0.444 e. The molecule has 0 radical (unpaired) electrons. The van der Waals surface area contributed by atoms with Crippen LogP contribution >= 0.6 is 0 Å². The summed E-state index contributed by atoms with van der Waals surface area (Å²) in [6, 6.07) is 9.31. The van der Waals surface area contributed by atoms with E-state index in [4.69, 9.17) is 4.74 Å². The Kier molecular flexibility index (Phi) is 5.83. The molecule has 0 atom stereocenters. The van der Waals surface area contributed by atoms with E-state index in [1.165, 1.54) is 30.4 Å². The molecule has 4 heteroatoms. The third-order valence-corrected chi connectivity index (χ3v) is 3.80. The van der Waals surface area contributed by atoms with Gasteiger partial charge in [-0.1, -0.05) is 30.7 Å². The van der Waals surface area contributed by atoms with Crippen LogP contribution in [0.3, 0.4) is 0 Å². The summed E-state index contributed by atoms with van der Waals surface area (Å²) < 4.78 is 5.21. The van der Waals surface area contributed by atoms with Crippen LogP contribution in [-0.4, -0.2) is 24.3 Å². The molecule has 0 aromatic heterocycles. The molecule has 122 valence electrons. The first-order chi connectivity index (χ1) is 10.4. The van der Waals surface area contributed by atoms with E-state index < -0.39 is 5.60 Å². The van der Waals surface area contributed by atoms with Crippen molar-refractivity contribution in [3.63, 3.8) is 0 Å². The largest absolute Gasteiger partial charge is 0.444 e. The molecule has 2 N–H and O–H groups in total. The number of ether oxygens (including phenoxy) is 1. The summed E-state index contributed by atoms with van der Waals surface area (Å²) in [5, 5.41) is 6.35. The first-order valence-electron chi connectivity index (χ1n) is 8.20. The molecule has 1 aromatic carbocycles. The Labute approximate surface area is 133 Å². The number of hydrogen-bond acceptors (Lipinski definition) is 3. The van der Waals surface area contributed by atoms with Crippen LogP contribution in [0.1, 0.15) is 51.2 Å². The standard InChI is InChI=1S/C18H28N2O2/c1-18(2,3)22-17(21)19-12-11-14-7-9-15(10-8-14)13-20-16-5-4-6-16/h7-10,16,20H,4-6,11-13H2,1-3H3,(H,19,21). The van der Waals surface area contributed by atoms with Gasteiger partial charge in [0.15, 0.2) is 0 Å². The number of hydrogen-bond donors (Lipinski definition) is 2. The van der Waals surface area contributed by atoms with Crippen LogP contribution in [0.2, 0.25) is 0 Å². The summed E-state index contributed by atoms with van der Waals surface area (Å²) in [6.45, 7) is 7.13. The molecule has 0 saturated heterocycles. The van der Waals surface area contributed by atoms with Crippen molar-refractivity contribution in [1.82, 2.24) is 10.6 Å². The number of benzene rings is 1. The lowest BCUT2D eigenvalue weighted by molar-refractivity contribution is 0.0528. The zero-order valence-corrected chi connectivity index (χ0v) is 13.9. The number of rotatable bonds is 6. The van der Waals surface area contributed by atoms with Crippen molar-refractivity contribution < 1.29 is 9.53 Å². The summed E-state index contributed by atoms with van der Waals surface area (Å²) >= 11 is 0. The number of nitrogens with one attached hydrogen (secondary N) is 2. The predicted octanol–water partition coefficient (Wildman–Crippen LogP) is 3.40. The molecule has 1 saturated carbocycles. The van der Waals surface area contributed by atoms with Gasteiger partial charge in [-0.25, -0.2) is 4.79 Å². The molecule has 1 aliphatic rings. The SMILES string of the molecule is CC(C)(C)OC(=O)NCCc1ccc(CNC2CCC2)cc1. The first-order valence-corrected chi connectivity index (χ1v) is 8.20. The second kappa shape index (κ2) is 7.63. The zero-order chi connectivity index (χ0) is 16.0. The summed E-state index contributed by atoms with van der Waals surface area (Å²) in [7, 11) is 0. The maximum atomic E-state index is 11.5. The van der Waals surface area contributed by atoms with E-state index in [0.717, 1.165) is 19.0 Å². The molecular formula is C18H28N2O2. The topological polar surface area (TPSA) is 50.4 Å². The molecule has 1 amide bonds. The number of amides is 1. The van der Waals surface area contributed by atoms with Crippen molar-refractivity contribution in [2.45, 2.75) is 64.6 Å². The predicted molar refractivity (Wildman–Crippen MR) is 88.9 cm³/mol. The quantitative estimate of drug-likeness (QED) is 0.847. The molecule has 0 aliphatic heterocycles. The first kappa shape index (κ1) is 16.8. The fourth-order valence-corrected chi connectivity index (χ4v) is 2.32. The Hall–Kier alpha value is -1.55. The van der Waals surface area contributed by atoms with Gasteiger partial charge in [0.2, 0.25) is 0 Å². The van der Waals surface area contributed by atoms with Crippen molar-refractivity contribution in [1.29, 1.82) is 0 Å². The van der Waals surface area contributed by atoms with Gasteiger partial charge in [0.1, 0.15) is 5.60 Å². The Morgan fingerprint density at radius 2 is 1.82 bits per heavy atom.